The van der Waals surface area contributed by atoms with Crippen molar-refractivity contribution in [1.29, 1.82) is 0 Å². The first-order chi connectivity index (χ1) is 10.0. The highest BCUT2D eigenvalue weighted by Crippen LogP contribution is 2.28. The molecule has 0 saturated carbocycles. The van der Waals surface area contributed by atoms with Gasteiger partial charge in [0.1, 0.15) is 5.82 Å². The van der Waals surface area contributed by atoms with Gasteiger partial charge in [-0.2, -0.15) is 0 Å². The van der Waals surface area contributed by atoms with Crippen LogP contribution in [0.25, 0.3) is 0 Å². The van der Waals surface area contributed by atoms with Gasteiger partial charge in [-0.25, -0.2) is 4.39 Å². The predicted octanol–water partition coefficient (Wildman–Crippen LogP) is 4.48. The normalized spacial score (nSPS) is 12.7. The lowest BCUT2D eigenvalue weighted by molar-refractivity contribution is 0.241. The summed E-state index contributed by atoms with van der Waals surface area (Å²) in [6.45, 7) is 1.24. The van der Waals surface area contributed by atoms with Gasteiger partial charge in [0.15, 0.2) is 0 Å². The van der Waals surface area contributed by atoms with Crippen LogP contribution in [-0.2, 0) is 6.54 Å². The number of likely N-dealkylation sites (N-methyl/N-ethyl adjacent to an activating group) is 1. The highest BCUT2D eigenvalue weighted by atomic mass is 79.9. The third kappa shape index (κ3) is 4.36. The van der Waals surface area contributed by atoms with E-state index in [-0.39, 0.29) is 11.9 Å². The maximum Gasteiger partial charge on any atom is 0.123 e. The van der Waals surface area contributed by atoms with Crippen LogP contribution in [-0.4, -0.2) is 18.5 Å². The molecule has 0 spiro atoms. The summed E-state index contributed by atoms with van der Waals surface area (Å²) in [5, 5.41) is 0. The molecule has 0 aliphatic heterocycles. The van der Waals surface area contributed by atoms with Crippen LogP contribution >= 0.6 is 31.9 Å². The molecule has 2 rings (SSSR count). The van der Waals surface area contributed by atoms with Gasteiger partial charge in [0.2, 0.25) is 0 Å². The van der Waals surface area contributed by atoms with Crippen LogP contribution in [0.15, 0.2) is 51.4 Å². The number of hydrogen-bond donors (Lipinski definition) is 1. The Kier molecular flexibility index (Phi) is 5.93. The van der Waals surface area contributed by atoms with Gasteiger partial charge in [-0.15, -0.1) is 0 Å². The molecule has 0 aliphatic rings. The van der Waals surface area contributed by atoms with Crippen molar-refractivity contribution < 1.29 is 4.39 Å². The predicted molar refractivity (Wildman–Crippen MR) is 91.5 cm³/mol. The Morgan fingerprint density at radius 1 is 1.10 bits per heavy atom. The van der Waals surface area contributed by atoms with E-state index in [1.807, 2.05) is 13.1 Å². The standard InChI is InChI=1S/C16H17Br2FN2/c1-21(10-11-2-5-13(19)6-3-11)16(9-20)12-4-7-14(17)15(18)8-12/h2-8,16H,9-10,20H2,1H3. The van der Waals surface area contributed by atoms with E-state index in [1.54, 1.807) is 12.1 Å². The molecule has 0 heterocycles. The van der Waals surface area contributed by atoms with Gasteiger partial charge in [0.05, 0.1) is 0 Å². The van der Waals surface area contributed by atoms with E-state index in [2.05, 4.69) is 48.9 Å². The van der Waals surface area contributed by atoms with E-state index in [0.717, 1.165) is 26.6 Å². The summed E-state index contributed by atoms with van der Waals surface area (Å²) in [4.78, 5) is 2.17. The molecule has 2 aromatic carbocycles. The molecule has 0 aromatic heterocycles. The van der Waals surface area contributed by atoms with E-state index in [1.165, 1.54) is 12.1 Å². The van der Waals surface area contributed by atoms with Gasteiger partial charge in [-0.3, -0.25) is 4.90 Å². The van der Waals surface area contributed by atoms with Crippen molar-refractivity contribution in [2.75, 3.05) is 13.6 Å². The minimum absolute atomic E-state index is 0.111. The first-order valence-corrected chi connectivity index (χ1v) is 8.19. The average Bonchev–Trinajstić information content (AvgIpc) is 2.46. The Hall–Kier alpha value is -0.750. The summed E-state index contributed by atoms with van der Waals surface area (Å²) in [5.74, 6) is -0.214. The first-order valence-electron chi connectivity index (χ1n) is 6.61. The summed E-state index contributed by atoms with van der Waals surface area (Å²) < 4.78 is 15.0. The largest absolute Gasteiger partial charge is 0.329 e. The zero-order chi connectivity index (χ0) is 15.4. The third-order valence-electron chi connectivity index (χ3n) is 3.43. The molecule has 21 heavy (non-hydrogen) atoms. The summed E-state index contributed by atoms with van der Waals surface area (Å²) >= 11 is 6.99. The first kappa shape index (κ1) is 16.6. The monoisotopic (exact) mass is 414 g/mol. The Morgan fingerprint density at radius 2 is 1.76 bits per heavy atom. The van der Waals surface area contributed by atoms with Crippen molar-refractivity contribution in [1.82, 2.24) is 4.90 Å². The van der Waals surface area contributed by atoms with Gasteiger partial charge >= 0.3 is 0 Å². The zero-order valence-electron chi connectivity index (χ0n) is 11.7. The fourth-order valence-electron chi connectivity index (χ4n) is 2.28. The van der Waals surface area contributed by atoms with Crippen molar-refractivity contribution in [3.05, 3.63) is 68.4 Å². The van der Waals surface area contributed by atoms with Gasteiger partial charge in [-0.05, 0) is 74.3 Å². The summed E-state index contributed by atoms with van der Waals surface area (Å²) in [6.07, 6.45) is 0. The number of benzene rings is 2. The summed E-state index contributed by atoms with van der Waals surface area (Å²) in [7, 11) is 2.02. The molecule has 0 radical (unpaired) electrons. The smallest absolute Gasteiger partial charge is 0.123 e. The van der Waals surface area contributed by atoms with Crippen LogP contribution in [0.1, 0.15) is 17.2 Å². The summed E-state index contributed by atoms with van der Waals surface area (Å²) in [5.41, 5.74) is 8.16. The molecular weight excluding hydrogens is 399 g/mol. The third-order valence-corrected chi connectivity index (χ3v) is 5.31. The SMILES string of the molecule is CN(Cc1ccc(F)cc1)C(CN)c1ccc(Br)c(Br)c1. The second-order valence-electron chi connectivity index (χ2n) is 4.97. The number of halogens is 3. The lowest BCUT2D eigenvalue weighted by Gasteiger charge is -2.27. The summed E-state index contributed by atoms with van der Waals surface area (Å²) in [6, 6.07) is 12.8. The maximum absolute atomic E-state index is 13.0. The molecule has 0 fully saturated rings. The van der Waals surface area contributed by atoms with Crippen LogP contribution in [0, 0.1) is 5.82 Å². The van der Waals surface area contributed by atoms with Crippen LogP contribution in [0.4, 0.5) is 4.39 Å². The van der Waals surface area contributed by atoms with Gasteiger partial charge < -0.3 is 5.73 Å². The van der Waals surface area contributed by atoms with Crippen molar-refractivity contribution in [2.24, 2.45) is 5.73 Å². The quantitative estimate of drug-likeness (QED) is 0.779. The van der Waals surface area contributed by atoms with Gasteiger partial charge in [0.25, 0.3) is 0 Å². The number of nitrogens with zero attached hydrogens (tertiary/aromatic N) is 1. The number of rotatable bonds is 5. The van der Waals surface area contributed by atoms with E-state index in [0.29, 0.717) is 6.54 Å². The average molecular weight is 416 g/mol. The Labute approximate surface area is 141 Å². The van der Waals surface area contributed by atoms with E-state index >= 15 is 0 Å². The molecule has 0 saturated heterocycles. The number of nitrogens with two attached hydrogens (primary N) is 1. The van der Waals surface area contributed by atoms with Gasteiger partial charge in [-0.1, -0.05) is 18.2 Å². The Bertz CT molecular complexity index is 602. The molecule has 5 heteroatoms. The molecule has 0 bridgehead atoms. The minimum Gasteiger partial charge on any atom is -0.329 e. The molecular formula is C16H17Br2FN2. The topological polar surface area (TPSA) is 29.3 Å². The molecule has 0 amide bonds. The molecule has 112 valence electrons. The lowest BCUT2D eigenvalue weighted by atomic mass is 10.1. The van der Waals surface area contributed by atoms with Crippen LogP contribution in [0.3, 0.4) is 0 Å². The highest BCUT2D eigenvalue weighted by molar-refractivity contribution is 9.13. The van der Waals surface area contributed by atoms with E-state index < -0.39 is 0 Å². The van der Waals surface area contributed by atoms with Gasteiger partial charge in [0, 0.05) is 28.1 Å². The Morgan fingerprint density at radius 3 is 2.33 bits per heavy atom. The van der Waals surface area contributed by atoms with Crippen molar-refractivity contribution in [3.8, 4) is 0 Å². The second kappa shape index (κ2) is 7.49. The van der Waals surface area contributed by atoms with Crippen LogP contribution in [0.2, 0.25) is 0 Å². The zero-order valence-corrected chi connectivity index (χ0v) is 14.9. The van der Waals surface area contributed by atoms with E-state index in [9.17, 15) is 4.39 Å². The molecule has 2 N–H and O–H groups in total. The second-order valence-corrected chi connectivity index (χ2v) is 6.68. The molecule has 1 unspecified atom stereocenters. The fraction of sp³-hybridized carbons (Fsp3) is 0.250. The molecule has 0 aliphatic carbocycles. The fourth-order valence-corrected chi connectivity index (χ4v) is 2.92. The highest BCUT2D eigenvalue weighted by Gasteiger charge is 2.16. The van der Waals surface area contributed by atoms with Crippen LogP contribution in [0.5, 0.6) is 0 Å². The molecule has 1 atom stereocenters. The molecule has 2 aromatic rings. The van der Waals surface area contributed by atoms with Crippen LogP contribution < -0.4 is 5.73 Å². The van der Waals surface area contributed by atoms with Crippen molar-refractivity contribution in [3.63, 3.8) is 0 Å². The molecule has 2 nitrogen and oxygen atoms in total. The maximum atomic E-state index is 13.0. The Balaban J connectivity index is 2.15. The van der Waals surface area contributed by atoms with Crippen molar-refractivity contribution in [2.45, 2.75) is 12.6 Å². The lowest BCUT2D eigenvalue weighted by Crippen LogP contribution is -2.30. The number of hydrogen-bond acceptors (Lipinski definition) is 2. The van der Waals surface area contributed by atoms with Crippen molar-refractivity contribution >= 4 is 31.9 Å². The van der Waals surface area contributed by atoms with E-state index in [4.69, 9.17) is 5.73 Å². The minimum atomic E-state index is -0.214.